The zero-order valence-electron chi connectivity index (χ0n) is 13.2. The Labute approximate surface area is 132 Å². The Balaban J connectivity index is 2.00. The van der Waals surface area contributed by atoms with Gasteiger partial charge < -0.3 is 19.4 Å². The Bertz CT molecular complexity index is 596. The SMILES string of the molecule is C[Si](C)(C)CCOCn1ccnc1-c1ccc(B(O)O)cn1. The summed E-state index contributed by atoms with van der Waals surface area (Å²) in [6.07, 6.45) is 4.99. The van der Waals surface area contributed by atoms with Gasteiger partial charge in [0.1, 0.15) is 12.4 Å². The smallest absolute Gasteiger partial charge is 0.423 e. The van der Waals surface area contributed by atoms with Crippen LogP contribution in [0.4, 0.5) is 0 Å². The minimum Gasteiger partial charge on any atom is -0.423 e. The molecule has 6 nitrogen and oxygen atoms in total. The molecule has 0 aliphatic heterocycles. The van der Waals surface area contributed by atoms with Crippen molar-refractivity contribution in [3.05, 3.63) is 30.7 Å². The number of aromatic nitrogens is 3. The van der Waals surface area contributed by atoms with E-state index < -0.39 is 15.2 Å². The summed E-state index contributed by atoms with van der Waals surface area (Å²) in [6, 6.07) is 4.46. The van der Waals surface area contributed by atoms with E-state index in [4.69, 9.17) is 14.8 Å². The fourth-order valence-corrected chi connectivity index (χ4v) is 2.63. The molecule has 2 aromatic heterocycles. The molecule has 8 heteroatoms. The van der Waals surface area contributed by atoms with Crippen LogP contribution < -0.4 is 5.46 Å². The molecule has 0 radical (unpaired) electrons. The van der Waals surface area contributed by atoms with Crippen LogP contribution in [-0.2, 0) is 11.5 Å². The molecule has 0 aliphatic rings. The molecule has 0 saturated heterocycles. The lowest BCUT2D eigenvalue weighted by Gasteiger charge is -2.16. The van der Waals surface area contributed by atoms with Gasteiger partial charge in [0.25, 0.3) is 0 Å². The Hall–Kier alpha value is -1.48. The van der Waals surface area contributed by atoms with Crippen LogP contribution in [0.25, 0.3) is 11.5 Å². The zero-order chi connectivity index (χ0) is 16.2. The van der Waals surface area contributed by atoms with Crippen LogP contribution in [0.1, 0.15) is 0 Å². The fraction of sp³-hybridized carbons (Fsp3) is 0.429. The first kappa shape index (κ1) is 16.9. The van der Waals surface area contributed by atoms with Gasteiger partial charge in [0.15, 0.2) is 5.82 Å². The van der Waals surface area contributed by atoms with Crippen molar-refractivity contribution in [1.82, 2.24) is 14.5 Å². The van der Waals surface area contributed by atoms with Crippen LogP contribution >= 0.6 is 0 Å². The summed E-state index contributed by atoms with van der Waals surface area (Å²) < 4.78 is 7.62. The summed E-state index contributed by atoms with van der Waals surface area (Å²) in [5.74, 6) is 0.701. The molecule has 0 atom stereocenters. The van der Waals surface area contributed by atoms with Crippen molar-refractivity contribution in [2.75, 3.05) is 6.61 Å². The van der Waals surface area contributed by atoms with Crippen LogP contribution in [0, 0.1) is 0 Å². The molecule has 118 valence electrons. The van der Waals surface area contributed by atoms with Gasteiger partial charge in [-0.15, -0.1) is 0 Å². The average Bonchev–Trinajstić information content (AvgIpc) is 2.91. The second-order valence-electron chi connectivity index (χ2n) is 6.42. The number of pyridine rings is 1. The molecule has 0 amide bonds. The third-order valence-electron chi connectivity index (χ3n) is 3.26. The summed E-state index contributed by atoms with van der Waals surface area (Å²) >= 11 is 0. The van der Waals surface area contributed by atoms with Gasteiger partial charge >= 0.3 is 7.12 Å². The standard InChI is InChI=1S/C14H22BN3O3Si/c1-22(2,3)9-8-21-11-18-7-6-16-14(18)13-5-4-12(10-17-13)15(19)20/h4-7,10,19-20H,8-9,11H2,1-3H3. The molecule has 2 N–H and O–H groups in total. The average molecular weight is 319 g/mol. The predicted molar refractivity (Wildman–Crippen MR) is 89.4 cm³/mol. The second kappa shape index (κ2) is 7.19. The van der Waals surface area contributed by atoms with Crippen molar-refractivity contribution in [2.24, 2.45) is 0 Å². The number of nitrogens with zero attached hydrogens (tertiary/aromatic N) is 3. The molecule has 2 rings (SSSR count). The highest BCUT2D eigenvalue weighted by Gasteiger charge is 2.14. The Kier molecular flexibility index (Phi) is 5.52. The lowest BCUT2D eigenvalue weighted by atomic mass is 9.82. The molecule has 0 saturated carbocycles. The normalized spacial score (nSPS) is 11.7. The van der Waals surface area contributed by atoms with Gasteiger partial charge in [-0.3, -0.25) is 4.98 Å². The van der Waals surface area contributed by atoms with Gasteiger partial charge in [0, 0.05) is 38.7 Å². The summed E-state index contributed by atoms with van der Waals surface area (Å²) in [4.78, 5) is 8.51. The van der Waals surface area contributed by atoms with E-state index in [1.54, 1.807) is 18.3 Å². The quantitative estimate of drug-likeness (QED) is 0.586. The summed E-state index contributed by atoms with van der Waals surface area (Å²) in [7, 11) is -2.59. The maximum atomic E-state index is 9.09. The highest BCUT2D eigenvalue weighted by Crippen LogP contribution is 2.14. The van der Waals surface area contributed by atoms with Crippen LogP contribution in [0.5, 0.6) is 0 Å². The van der Waals surface area contributed by atoms with Crippen molar-refractivity contribution in [3.8, 4) is 11.5 Å². The number of hydrogen-bond acceptors (Lipinski definition) is 5. The minimum absolute atomic E-state index is 0.355. The topological polar surface area (TPSA) is 80.4 Å². The van der Waals surface area contributed by atoms with Gasteiger partial charge in [-0.25, -0.2) is 4.98 Å². The van der Waals surface area contributed by atoms with E-state index in [0.29, 0.717) is 23.7 Å². The molecule has 0 unspecified atom stereocenters. The van der Waals surface area contributed by atoms with Crippen molar-refractivity contribution in [2.45, 2.75) is 32.4 Å². The molecule has 0 aromatic carbocycles. The summed E-state index contributed by atoms with van der Waals surface area (Å²) in [5.41, 5.74) is 1.02. The molecule has 0 fully saturated rings. The Morgan fingerprint density at radius 3 is 2.59 bits per heavy atom. The fourth-order valence-electron chi connectivity index (χ4n) is 1.88. The summed E-state index contributed by atoms with van der Waals surface area (Å²) in [5, 5.41) is 18.2. The number of rotatable bonds is 7. The van der Waals surface area contributed by atoms with Gasteiger partial charge in [0.05, 0.1) is 0 Å². The lowest BCUT2D eigenvalue weighted by molar-refractivity contribution is 0.0882. The lowest BCUT2D eigenvalue weighted by Crippen LogP contribution is -2.30. The van der Waals surface area contributed by atoms with E-state index in [0.717, 1.165) is 12.7 Å². The van der Waals surface area contributed by atoms with Crippen LogP contribution in [-0.4, -0.2) is 46.4 Å². The van der Waals surface area contributed by atoms with Gasteiger partial charge in [-0.05, 0) is 12.1 Å². The van der Waals surface area contributed by atoms with E-state index >= 15 is 0 Å². The predicted octanol–water partition coefficient (Wildman–Crippen LogP) is 0.937. The van der Waals surface area contributed by atoms with Gasteiger partial charge in [-0.1, -0.05) is 25.7 Å². The molecule has 2 heterocycles. The molecule has 0 bridgehead atoms. The van der Waals surface area contributed by atoms with Crippen molar-refractivity contribution in [3.63, 3.8) is 0 Å². The maximum absolute atomic E-state index is 9.09. The van der Waals surface area contributed by atoms with E-state index in [1.807, 2.05) is 10.8 Å². The number of imidazole rings is 1. The molecule has 22 heavy (non-hydrogen) atoms. The van der Waals surface area contributed by atoms with E-state index in [1.165, 1.54) is 6.20 Å². The van der Waals surface area contributed by atoms with Crippen molar-refractivity contribution < 1.29 is 14.8 Å². The van der Waals surface area contributed by atoms with Crippen molar-refractivity contribution in [1.29, 1.82) is 0 Å². The monoisotopic (exact) mass is 319 g/mol. The second-order valence-corrected chi connectivity index (χ2v) is 12.0. The first-order chi connectivity index (χ1) is 10.4. The highest BCUT2D eigenvalue weighted by molar-refractivity contribution is 6.76. The molecular formula is C14H22BN3O3Si. The maximum Gasteiger partial charge on any atom is 0.490 e. The Morgan fingerprint density at radius 2 is 2.00 bits per heavy atom. The molecule has 2 aromatic rings. The van der Waals surface area contributed by atoms with Crippen LogP contribution in [0.2, 0.25) is 25.7 Å². The van der Waals surface area contributed by atoms with Gasteiger partial charge in [0.2, 0.25) is 0 Å². The minimum atomic E-state index is -1.51. The van der Waals surface area contributed by atoms with Gasteiger partial charge in [-0.2, -0.15) is 0 Å². The van der Waals surface area contributed by atoms with Crippen LogP contribution in [0.3, 0.4) is 0 Å². The summed E-state index contributed by atoms with van der Waals surface area (Å²) in [6.45, 7) is 8.14. The first-order valence-corrected chi connectivity index (χ1v) is 11.0. The molecule has 0 aliphatic carbocycles. The molecule has 0 spiro atoms. The largest absolute Gasteiger partial charge is 0.490 e. The van der Waals surface area contributed by atoms with E-state index in [2.05, 4.69) is 29.6 Å². The van der Waals surface area contributed by atoms with E-state index in [-0.39, 0.29) is 0 Å². The van der Waals surface area contributed by atoms with E-state index in [9.17, 15) is 0 Å². The highest BCUT2D eigenvalue weighted by atomic mass is 28.3. The zero-order valence-corrected chi connectivity index (χ0v) is 14.2. The Morgan fingerprint density at radius 1 is 1.23 bits per heavy atom. The third-order valence-corrected chi connectivity index (χ3v) is 4.96. The number of ether oxygens (including phenoxy) is 1. The first-order valence-electron chi connectivity index (χ1n) is 7.28. The molecular weight excluding hydrogens is 297 g/mol. The van der Waals surface area contributed by atoms with Crippen molar-refractivity contribution >= 4 is 20.7 Å². The third kappa shape index (κ3) is 4.77. The van der Waals surface area contributed by atoms with Crippen LogP contribution in [0.15, 0.2) is 30.7 Å². The number of hydrogen-bond donors (Lipinski definition) is 2.